The minimum Gasteiger partial charge on any atom is -0.507 e. The van der Waals surface area contributed by atoms with Gasteiger partial charge in [0.15, 0.2) is 0 Å². The van der Waals surface area contributed by atoms with Crippen molar-refractivity contribution < 1.29 is 23.1 Å². The number of carbonyl (C=O) groups is 2. The van der Waals surface area contributed by atoms with E-state index in [1.807, 2.05) is 6.92 Å². The minimum absolute atomic E-state index is 0.0957. The highest BCUT2D eigenvalue weighted by molar-refractivity contribution is 7.89. The molecule has 1 aliphatic rings. The number of Topliss-reactive ketones (excluding diaryl/α,β-unsaturated/α-hetero) is 1. The van der Waals surface area contributed by atoms with E-state index >= 15 is 0 Å². The molecule has 1 heterocycles. The number of halogens is 1. The maximum atomic E-state index is 13.1. The number of aryl methyl sites for hydroxylation is 1. The predicted octanol–water partition coefficient (Wildman–Crippen LogP) is 3.92. The third-order valence-corrected chi connectivity index (χ3v) is 6.54. The number of ketones is 1. The third kappa shape index (κ3) is 4.28. The van der Waals surface area contributed by atoms with Crippen molar-refractivity contribution in [3.05, 3.63) is 100 Å². The number of rotatable bonds is 4. The Morgan fingerprint density at radius 3 is 2.21 bits per heavy atom. The van der Waals surface area contributed by atoms with Gasteiger partial charge in [0.05, 0.1) is 16.5 Å². The van der Waals surface area contributed by atoms with E-state index in [0.29, 0.717) is 16.1 Å². The average molecular weight is 483 g/mol. The lowest BCUT2D eigenvalue weighted by Gasteiger charge is -2.25. The summed E-state index contributed by atoms with van der Waals surface area (Å²) in [5.41, 5.74) is 2.02. The molecule has 33 heavy (non-hydrogen) atoms. The van der Waals surface area contributed by atoms with Crippen molar-refractivity contribution >= 4 is 44.8 Å². The SMILES string of the molecule is Cc1ccc(/C(O)=C2/C(=O)C(=O)N(c3ccc(S(N)(=O)=O)cc3)C2c2cccc(Cl)c2)cc1. The van der Waals surface area contributed by atoms with Gasteiger partial charge in [-0.15, -0.1) is 0 Å². The van der Waals surface area contributed by atoms with Gasteiger partial charge in [-0.2, -0.15) is 0 Å². The van der Waals surface area contributed by atoms with Gasteiger partial charge in [-0.05, 0) is 48.9 Å². The lowest BCUT2D eigenvalue weighted by atomic mass is 9.95. The number of hydrogen-bond acceptors (Lipinski definition) is 5. The molecule has 0 aromatic heterocycles. The van der Waals surface area contributed by atoms with E-state index in [0.717, 1.165) is 5.56 Å². The van der Waals surface area contributed by atoms with Crippen molar-refractivity contribution in [2.75, 3.05) is 4.90 Å². The molecule has 3 aromatic carbocycles. The third-order valence-electron chi connectivity index (χ3n) is 5.38. The molecule has 1 unspecified atom stereocenters. The number of nitrogens with two attached hydrogens (primary N) is 1. The van der Waals surface area contributed by atoms with Crippen molar-refractivity contribution in [3.8, 4) is 0 Å². The summed E-state index contributed by atoms with van der Waals surface area (Å²) in [4.78, 5) is 27.3. The summed E-state index contributed by atoms with van der Waals surface area (Å²) < 4.78 is 23.2. The molecule has 3 N–H and O–H groups in total. The summed E-state index contributed by atoms with van der Waals surface area (Å²) in [5, 5.41) is 16.6. The van der Waals surface area contributed by atoms with Crippen LogP contribution in [0.25, 0.3) is 5.76 Å². The lowest BCUT2D eigenvalue weighted by Crippen LogP contribution is -2.29. The first kappa shape index (κ1) is 22.7. The van der Waals surface area contributed by atoms with Gasteiger partial charge < -0.3 is 5.11 Å². The van der Waals surface area contributed by atoms with Gasteiger partial charge in [-0.25, -0.2) is 13.6 Å². The molecule has 1 fully saturated rings. The van der Waals surface area contributed by atoms with E-state index < -0.39 is 27.8 Å². The van der Waals surface area contributed by atoms with Crippen LogP contribution in [-0.2, 0) is 19.6 Å². The van der Waals surface area contributed by atoms with Crippen molar-refractivity contribution in [1.29, 1.82) is 0 Å². The Kier molecular flexibility index (Phi) is 5.84. The quantitative estimate of drug-likeness (QED) is 0.332. The molecule has 0 bridgehead atoms. The standard InChI is InChI=1S/C24H19ClN2O5S/c1-14-5-7-15(8-6-14)22(28)20-21(16-3-2-4-17(25)13-16)27(24(30)23(20)29)18-9-11-19(12-10-18)33(26,31)32/h2-13,21,28H,1H3,(H2,26,31,32)/b22-20-. The van der Waals surface area contributed by atoms with E-state index in [1.54, 1.807) is 48.5 Å². The number of aliphatic hydroxyl groups excluding tert-OH is 1. The zero-order chi connectivity index (χ0) is 23.9. The van der Waals surface area contributed by atoms with Crippen LogP contribution in [0.1, 0.15) is 22.7 Å². The Labute approximate surface area is 195 Å². The highest BCUT2D eigenvalue weighted by atomic mass is 35.5. The zero-order valence-corrected chi connectivity index (χ0v) is 19.0. The maximum absolute atomic E-state index is 13.1. The highest BCUT2D eigenvalue weighted by Gasteiger charge is 2.47. The summed E-state index contributed by atoms with van der Waals surface area (Å²) in [7, 11) is -3.94. The van der Waals surface area contributed by atoms with Crippen LogP contribution in [-0.4, -0.2) is 25.2 Å². The molecule has 1 atom stereocenters. The molecular weight excluding hydrogens is 464 g/mol. The van der Waals surface area contributed by atoms with Crippen LogP contribution in [0.2, 0.25) is 5.02 Å². The number of primary sulfonamides is 1. The number of carbonyl (C=O) groups excluding carboxylic acids is 2. The second-order valence-corrected chi connectivity index (χ2v) is 9.63. The molecule has 3 aromatic rings. The summed E-state index contributed by atoms with van der Waals surface area (Å²) >= 11 is 6.17. The van der Waals surface area contributed by atoms with Gasteiger partial charge in [-0.1, -0.05) is 53.6 Å². The lowest BCUT2D eigenvalue weighted by molar-refractivity contribution is -0.132. The molecule has 1 amide bonds. The fourth-order valence-corrected chi connectivity index (χ4v) is 4.47. The highest BCUT2D eigenvalue weighted by Crippen LogP contribution is 2.42. The van der Waals surface area contributed by atoms with Crippen LogP contribution >= 0.6 is 11.6 Å². The van der Waals surface area contributed by atoms with Gasteiger partial charge in [-0.3, -0.25) is 14.5 Å². The Morgan fingerprint density at radius 2 is 1.64 bits per heavy atom. The normalized spacial score (nSPS) is 18.0. The minimum atomic E-state index is -3.94. The molecule has 168 valence electrons. The number of amides is 1. The Balaban J connectivity index is 1.92. The first-order chi connectivity index (χ1) is 15.6. The van der Waals surface area contributed by atoms with Gasteiger partial charge >= 0.3 is 0 Å². The fraction of sp³-hybridized carbons (Fsp3) is 0.0833. The first-order valence-corrected chi connectivity index (χ1v) is 11.8. The molecule has 1 aliphatic heterocycles. The Hall–Kier alpha value is -3.46. The zero-order valence-electron chi connectivity index (χ0n) is 17.4. The van der Waals surface area contributed by atoms with Crippen molar-refractivity contribution in [2.24, 2.45) is 5.14 Å². The average Bonchev–Trinajstić information content (AvgIpc) is 3.04. The molecule has 0 aliphatic carbocycles. The summed E-state index contributed by atoms with van der Waals surface area (Å²) in [5.74, 6) is -2.05. The monoisotopic (exact) mass is 482 g/mol. The van der Waals surface area contributed by atoms with E-state index in [2.05, 4.69) is 0 Å². The molecule has 0 saturated carbocycles. The van der Waals surface area contributed by atoms with E-state index in [4.69, 9.17) is 16.7 Å². The van der Waals surface area contributed by atoms with Gasteiger partial charge in [0.25, 0.3) is 11.7 Å². The van der Waals surface area contributed by atoms with Crippen molar-refractivity contribution in [1.82, 2.24) is 0 Å². The summed E-state index contributed by atoms with van der Waals surface area (Å²) in [6.45, 7) is 1.89. The number of aliphatic hydroxyl groups is 1. The number of anilines is 1. The molecule has 9 heteroatoms. The smallest absolute Gasteiger partial charge is 0.300 e. The molecule has 0 radical (unpaired) electrons. The van der Waals surface area contributed by atoms with E-state index in [9.17, 15) is 23.1 Å². The van der Waals surface area contributed by atoms with Gasteiger partial charge in [0, 0.05) is 16.3 Å². The number of sulfonamides is 1. The predicted molar refractivity (Wildman–Crippen MR) is 125 cm³/mol. The topological polar surface area (TPSA) is 118 Å². The van der Waals surface area contributed by atoms with Crippen LogP contribution in [0.5, 0.6) is 0 Å². The molecule has 7 nitrogen and oxygen atoms in total. The van der Waals surface area contributed by atoms with Gasteiger partial charge in [0.2, 0.25) is 10.0 Å². The molecule has 4 rings (SSSR count). The number of nitrogens with zero attached hydrogens (tertiary/aromatic N) is 1. The van der Waals surface area contributed by atoms with Gasteiger partial charge in [0.1, 0.15) is 5.76 Å². The Bertz CT molecular complexity index is 1400. The van der Waals surface area contributed by atoms with Crippen LogP contribution < -0.4 is 10.0 Å². The van der Waals surface area contributed by atoms with Crippen molar-refractivity contribution in [3.63, 3.8) is 0 Å². The second kappa shape index (κ2) is 8.47. The molecule has 0 spiro atoms. The van der Waals surface area contributed by atoms with Crippen LogP contribution in [0.4, 0.5) is 5.69 Å². The van der Waals surface area contributed by atoms with E-state index in [-0.39, 0.29) is 21.9 Å². The first-order valence-electron chi connectivity index (χ1n) is 9.84. The van der Waals surface area contributed by atoms with E-state index in [1.165, 1.54) is 29.2 Å². The second-order valence-electron chi connectivity index (χ2n) is 7.63. The fourth-order valence-electron chi connectivity index (χ4n) is 3.75. The van der Waals surface area contributed by atoms with Crippen LogP contribution in [0.3, 0.4) is 0 Å². The Morgan fingerprint density at radius 1 is 1.00 bits per heavy atom. The van der Waals surface area contributed by atoms with Crippen LogP contribution in [0.15, 0.2) is 83.3 Å². The van der Waals surface area contributed by atoms with Crippen LogP contribution in [0, 0.1) is 6.92 Å². The number of benzene rings is 3. The molecular formula is C24H19ClN2O5S. The molecule has 1 saturated heterocycles. The maximum Gasteiger partial charge on any atom is 0.300 e. The summed E-state index contributed by atoms with van der Waals surface area (Å²) in [6, 6.07) is 17.8. The largest absolute Gasteiger partial charge is 0.507 e. The van der Waals surface area contributed by atoms with Crippen molar-refractivity contribution in [2.45, 2.75) is 17.9 Å². The number of hydrogen-bond donors (Lipinski definition) is 2. The summed E-state index contributed by atoms with van der Waals surface area (Å²) in [6.07, 6.45) is 0.